The van der Waals surface area contributed by atoms with Crippen molar-refractivity contribution in [3.05, 3.63) is 48.4 Å². The van der Waals surface area contributed by atoms with Crippen molar-refractivity contribution in [2.75, 3.05) is 0 Å². The fourth-order valence-corrected chi connectivity index (χ4v) is 1.22. The first-order chi connectivity index (χ1) is 8.13. The van der Waals surface area contributed by atoms with Crippen molar-refractivity contribution in [1.29, 1.82) is 0 Å². The van der Waals surface area contributed by atoms with Crippen LogP contribution in [0.15, 0.2) is 63.3 Å². The highest BCUT2D eigenvalue weighted by molar-refractivity contribution is 6.69. The molecular formula is C13H14ClN3. The fraction of sp³-hybridized carbons (Fsp3) is 0.154. The van der Waals surface area contributed by atoms with Gasteiger partial charge in [-0.3, -0.25) is 0 Å². The maximum absolute atomic E-state index is 5.79. The Balaban J connectivity index is 2.74. The molecule has 1 aliphatic rings. The lowest BCUT2D eigenvalue weighted by molar-refractivity contribution is 1.41. The largest absolute Gasteiger partial charge is 0.245 e. The zero-order chi connectivity index (χ0) is 12.7. The molecule has 0 fully saturated rings. The third kappa shape index (κ3) is 4.74. The number of allylic oxidation sites excluding steroid dienone is 5. The Morgan fingerprint density at radius 3 is 2.88 bits per heavy atom. The molecule has 0 unspecified atom stereocenters. The minimum Gasteiger partial charge on any atom is -0.245 e. The van der Waals surface area contributed by atoms with E-state index < -0.39 is 0 Å². The lowest BCUT2D eigenvalue weighted by atomic mass is 10.2. The van der Waals surface area contributed by atoms with Crippen LogP contribution in [0.2, 0.25) is 0 Å². The molecule has 4 heteroatoms. The average molecular weight is 248 g/mol. The van der Waals surface area contributed by atoms with Crippen LogP contribution in [0.25, 0.3) is 0 Å². The second-order valence-electron chi connectivity index (χ2n) is 3.38. The molecule has 17 heavy (non-hydrogen) atoms. The molecule has 0 amide bonds. The molecule has 0 saturated carbocycles. The molecule has 0 radical (unpaired) electrons. The van der Waals surface area contributed by atoms with E-state index in [9.17, 15) is 0 Å². The summed E-state index contributed by atoms with van der Waals surface area (Å²) in [5, 5.41) is 0.455. The Morgan fingerprint density at radius 2 is 2.24 bits per heavy atom. The first-order valence-electron chi connectivity index (χ1n) is 5.14. The van der Waals surface area contributed by atoms with Gasteiger partial charge in [-0.15, -0.1) is 0 Å². The van der Waals surface area contributed by atoms with E-state index in [0.29, 0.717) is 5.17 Å². The van der Waals surface area contributed by atoms with Crippen molar-refractivity contribution >= 4 is 28.8 Å². The van der Waals surface area contributed by atoms with Gasteiger partial charge in [-0.05, 0) is 32.1 Å². The summed E-state index contributed by atoms with van der Waals surface area (Å²) in [5.74, 6) is 0. The van der Waals surface area contributed by atoms with Crippen LogP contribution >= 0.6 is 11.6 Å². The van der Waals surface area contributed by atoms with Gasteiger partial charge in [0.1, 0.15) is 11.5 Å². The molecule has 0 aliphatic carbocycles. The molecule has 0 saturated heterocycles. The molecule has 0 N–H and O–H groups in total. The van der Waals surface area contributed by atoms with E-state index in [1.807, 2.05) is 19.9 Å². The van der Waals surface area contributed by atoms with Crippen LogP contribution in [-0.2, 0) is 0 Å². The number of nitrogens with zero attached hydrogens (tertiary/aromatic N) is 3. The smallest absolute Gasteiger partial charge is 0.129 e. The van der Waals surface area contributed by atoms with Gasteiger partial charge in [0.15, 0.2) is 0 Å². The normalized spacial score (nSPS) is 20.8. The lowest BCUT2D eigenvalue weighted by Crippen LogP contribution is -2.04. The average Bonchev–Trinajstić information content (AvgIpc) is 2.29. The van der Waals surface area contributed by atoms with E-state index in [1.54, 1.807) is 24.4 Å². The third-order valence-corrected chi connectivity index (χ3v) is 2.06. The monoisotopic (exact) mass is 247 g/mol. The zero-order valence-corrected chi connectivity index (χ0v) is 10.6. The van der Waals surface area contributed by atoms with E-state index in [4.69, 9.17) is 11.6 Å². The number of rotatable bonds is 3. The van der Waals surface area contributed by atoms with Gasteiger partial charge in [0.25, 0.3) is 0 Å². The van der Waals surface area contributed by atoms with E-state index in [2.05, 4.69) is 21.6 Å². The van der Waals surface area contributed by atoms with Crippen LogP contribution in [0.1, 0.15) is 13.8 Å². The lowest BCUT2D eigenvalue weighted by Gasteiger charge is -2.05. The van der Waals surface area contributed by atoms with Crippen LogP contribution in [0.5, 0.6) is 0 Å². The summed E-state index contributed by atoms with van der Waals surface area (Å²) in [7, 11) is 0. The predicted molar refractivity (Wildman–Crippen MR) is 76.1 cm³/mol. The van der Waals surface area contributed by atoms with Crippen molar-refractivity contribution in [2.45, 2.75) is 13.8 Å². The van der Waals surface area contributed by atoms with Crippen LogP contribution in [0, 0.1) is 0 Å². The van der Waals surface area contributed by atoms with Crippen LogP contribution in [0.3, 0.4) is 0 Å². The first kappa shape index (κ1) is 13.3. The molecule has 88 valence electrons. The van der Waals surface area contributed by atoms with Gasteiger partial charge in [0.05, 0.1) is 11.4 Å². The van der Waals surface area contributed by atoms with Gasteiger partial charge in [-0.1, -0.05) is 29.8 Å². The van der Waals surface area contributed by atoms with Gasteiger partial charge < -0.3 is 0 Å². The summed E-state index contributed by atoms with van der Waals surface area (Å²) in [6.45, 7) is 7.51. The van der Waals surface area contributed by atoms with E-state index in [-0.39, 0.29) is 0 Å². The zero-order valence-electron chi connectivity index (χ0n) is 9.89. The molecule has 0 aromatic carbocycles. The highest BCUT2D eigenvalue weighted by atomic mass is 35.5. The van der Waals surface area contributed by atoms with Crippen molar-refractivity contribution in [2.24, 2.45) is 15.0 Å². The molecule has 0 aromatic heterocycles. The van der Waals surface area contributed by atoms with Gasteiger partial charge in [-0.25, -0.2) is 15.0 Å². The highest BCUT2D eigenvalue weighted by Crippen LogP contribution is 2.10. The van der Waals surface area contributed by atoms with Crippen molar-refractivity contribution < 1.29 is 0 Å². The number of hydrogen-bond donors (Lipinski definition) is 0. The molecule has 0 atom stereocenters. The van der Waals surface area contributed by atoms with Gasteiger partial charge in [0, 0.05) is 6.20 Å². The minimum atomic E-state index is 0.455. The molecule has 3 nitrogen and oxygen atoms in total. The number of aliphatic imine (C=N–C) groups is 3. The van der Waals surface area contributed by atoms with E-state index >= 15 is 0 Å². The third-order valence-electron chi connectivity index (χ3n) is 1.85. The topological polar surface area (TPSA) is 37.1 Å². The molecule has 0 aromatic rings. The Bertz CT molecular complexity index is 477. The quantitative estimate of drug-likeness (QED) is 0.415. The van der Waals surface area contributed by atoms with E-state index in [0.717, 1.165) is 17.0 Å². The highest BCUT2D eigenvalue weighted by Gasteiger charge is 2.06. The molecule has 0 spiro atoms. The fourth-order valence-electron chi connectivity index (χ4n) is 1.07. The minimum absolute atomic E-state index is 0.455. The summed E-state index contributed by atoms with van der Waals surface area (Å²) >= 11 is 5.79. The Hall–Kier alpha value is -1.74. The summed E-state index contributed by atoms with van der Waals surface area (Å²) < 4.78 is 0. The van der Waals surface area contributed by atoms with Gasteiger partial charge in [-0.2, -0.15) is 0 Å². The van der Waals surface area contributed by atoms with E-state index in [1.165, 1.54) is 6.34 Å². The number of hydrogen-bond acceptors (Lipinski definition) is 2. The number of halogens is 1. The van der Waals surface area contributed by atoms with Gasteiger partial charge >= 0.3 is 0 Å². The molecular weight excluding hydrogens is 234 g/mol. The van der Waals surface area contributed by atoms with Crippen molar-refractivity contribution in [1.82, 2.24) is 0 Å². The van der Waals surface area contributed by atoms with Crippen LogP contribution in [0.4, 0.5) is 0 Å². The number of dihydropyridines is 1. The standard InChI is InChI=1S/C13H14ClN3/c1-4-11-12(5-6-13(14)17-11)16-9-15-8-7-10(2)3/h4-9H,2H2,1,3H3/b8-7-,11-4+,15-9?,16-12?. The first-order valence-corrected chi connectivity index (χ1v) is 5.51. The molecule has 0 bridgehead atoms. The summed E-state index contributed by atoms with van der Waals surface area (Å²) in [5.41, 5.74) is 2.43. The molecule has 1 heterocycles. The molecule has 1 rings (SSSR count). The van der Waals surface area contributed by atoms with Crippen LogP contribution in [-0.4, -0.2) is 17.2 Å². The SMILES string of the molecule is C=C(C)/C=C\N=CN=C1C=CC(Cl)=N/C1=C/C. The second-order valence-corrected chi connectivity index (χ2v) is 3.77. The maximum Gasteiger partial charge on any atom is 0.129 e. The predicted octanol–water partition coefficient (Wildman–Crippen LogP) is 3.66. The maximum atomic E-state index is 5.79. The summed E-state index contributed by atoms with van der Waals surface area (Å²) in [4.78, 5) is 12.3. The van der Waals surface area contributed by atoms with Crippen molar-refractivity contribution in [3.8, 4) is 0 Å². The Kier molecular flexibility index (Phi) is 5.30. The summed E-state index contributed by atoms with van der Waals surface area (Å²) in [6.07, 6.45) is 10.3. The van der Waals surface area contributed by atoms with Gasteiger partial charge in [0.2, 0.25) is 0 Å². The molecule has 1 aliphatic heterocycles. The second kappa shape index (κ2) is 6.76. The van der Waals surface area contributed by atoms with Crippen molar-refractivity contribution in [3.63, 3.8) is 0 Å². The van der Waals surface area contributed by atoms with Crippen LogP contribution < -0.4 is 0 Å². The Morgan fingerprint density at radius 1 is 1.47 bits per heavy atom. The Labute approximate surface area is 106 Å². The summed E-state index contributed by atoms with van der Waals surface area (Å²) in [6, 6.07) is 0.